The highest BCUT2D eigenvalue weighted by molar-refractivity contribution is 7.18. The quantitative estimate of drug-likeness (QED) is 0.391. The lowest BCUT2D eigenvalue weighted by Gasteiger charge is -2.23. The molecule has 4 rings (SSSR count). The average Bonchev–Trinajstić information content (AvgIpc) is 3.30. The molecule has 1 heterocycles. The fraction of sp³-hybridized carbons (Fsp3) is 0.200. The van der Waals surface area contributed by atoms with Gasteiger partial charge in [0.2, 0.25) is 11.0 Å². The van der Waals surface area contributed by atoms with E-state index in [2.05, 4.69) is 20.8 Å². The summed E-state index contributed by atoms with van der Waals surface area (Å²) in [5.41, 5.74) is 1.20. The van der Waals surface area contributed by atoms with Crippen molar-refractivity contribution in [3.8, 4) is 10.6 Å². The van der Waals surface area contributed by atoms with Crippen molar-refractivity contribution in [2.24, 2.45) is 5.92 Å². The van der Waals surface area contributed by atoms with Gasteiger partial charge in [-0.25, -0.2) is 4.39 Å². The number of benzene rings is 3. The number of aromatic nitrogens is 2. The number of amides is 2. The summed E-state index contributed by atoms with van der Waals surface area (Å²) in [5.74, 6) is -1.11. The molecule has 2 amide bonds. The Hall–Kier alpha value is -3.65. The van der Waals surface area contributed by atoms with Crippen LogP contribution in [0.5, 0.6) is 0 Å². The molecule has 0 radical (unpaired) electrons. The predicted octanol–water partition coefficient (Wildman–Crippen LogP) is 5.28. The Morgan fingerprint density at radius 1 is 1.00 bits per heavy atom. The molecule has 0 saturated carbocycles. The zero-order valence-corrected chi connectivity index (χ0v) is 19.0. The molecule has 168 valence electrons. The van der Waals surface area contributed by atoms with Crippen LogP contribution in [0.2, 0.25) is 0 Å². The number of fused-ring (bicyclic) bond motifs is 1. The molecule has 0 aliphatic rings. The number of carbonyl (C=O) groups is 2. The number of nitrogens with one attached hydrogen (secondary N) is 2. The van der Waals surface area contributed by atoms with Gasteiger partial charge in [-0.15, -0.1) is 10.2 Å². The van der Waals surface area contributed by atoms with Crippen LogP contribution in [-0.4, -0.2) is 28.1 Å². The van der Waals surface area contributed by atoms with Gasteiger partial charge in [-0.05, 0) is 53.1 Å². The van der Waals surface area contributed by atoms with E-state index in [0.717, 1.165) is 10.8 Å². The lowest BCUT2D eigenvalue weighted by Crippen LogP contribution is -2.47. The SMILES string of the molecule is CCC(C)C(NC(=O)c1ccc2ccccc2c1)C(=O)Nc1nnc(-c2ccc(F)cc2)s1. The summed E-state index contributed by atoms with van der Waals surface area (Å²) < 4.78 is 13.2. The molecule has 1 aromatic heterocycles. The molecule has 3 aromatic carbocycles. The lowest BCUT2D eigenvalue weighted by molar-refractivity contribution is -0.119. The first kappa shape index (κ1) is 22.5. The van der Waals surface area contributed by atoms with E-state index >= 15 is 0 Å². The maximum atomic E-state index is 13.2. The molecule has 0 aliphatic heterocycles. The van der Waals surface area contributed by atoms with E-state index in [4.69, 9.17) is 0 Å². The normalized spacial score (nSPS) is 12.8. The second-order valence-corrected chi connectivity index (χ2v) is 8.78. The summed E-state index contributed by atoms with van der Waals surface area (Å²) in [6.45, 7) is 3.87. The summed E-state index contributed by atoms with van der Waals surface area (Å²) in [6.07, 6.45) is 0.701. The zero-order valence-electron chi connectivity index (χ0n) is 18.2. The number of nitrogens with zero attached hydrogens (tertiary/aromatic N) is 2. The largest absolute Gasteiger partial charge is 0.340 e. The summed E-state index contributed by atoms with van der Waals surface area (Å²) in [4.78, 5) is 26.0. The molecule has 0 saturated heterocycles. The van der Waals surface area contributed by atoms with Crippen LogP contribution in [0.3, 0.4) is 0 Å². The van der Waals surface area contributed by atoms with Gasteiger partial charge in [-0.1, -0.05) is 61.9 Å². The van der Waals surface area contributed by atoms with E-state index in [1.54, 1.807) is 18.2 Å². The highest BCUT2D eigenvalue weighted by atomic mass is 32.1. The van der Waals surface area contributed by atoms with Crippen molar-refractivity contribution < 1.29 is 14.0 Å². The average molecular weight is 463 g/mol. The van der Waals surface area contributed by atoms with Gasteiger partial charge >= 0.3 is 0 Å². The monoisotopic (exact) mass is 462 g/mol. The molecule has 0 spiro atoms. The Labute approximate surface area is 194 Å². The Kier molecular flexibility index (Phi) is 6.74. The van der Waals surface area contributed by atoms with Crippen molar-refractivity contribution in [1.82, 2.24) is 15.5 Å². The second kappa shape index (κ2) is 9.87. The number of carbonyl (C=O) groups excluding carboxylic acids is 2. The van der Waals surface area contributed by atoms with E-state index in [1.807, 2.05) is 50.2 Å². The molecule has 2 atom stereocenters. The molecule has 2 unspecified atom stereocenters. The smallest absolute Gasteiger partial charge is 0.251 e. The minimum atomic E-state index is -0.743. The van der Waals surface area contributed by atoms with E-state index in [-0.39, 0.29) is 23.5 Å². The van der Waals surface area contributed by atoms with E-state index < -0.39 is 6.04 Å². The highest BCUT2D eigenvalue weighted by Crippen LogP contribution is 2.27. The fourth-order valence-electron chi connectivity index (χ4n) is 3.42. The van der Waals surface area contributed by atoms with Gasteiger partial charge in [-0.2, -0.15) is 0 Å². The van der Waals surface area contributed by atoms with Crippen molar-refractivity contribution in [2.45, 2.75) is 26.3 Å². The number of anilines is 1. The van der Waals surface area contributed by atoms with Crippen LogP contribution in [0.25, 0.3) is 21.3 Å². The number of rotatable bonds is 7. The van der Waals surface area contributed by atoms with Crippen molar-refractivity contribution in [1.29, 1.82) is 0 Å². The van der Waals surface area contributed by atoms with Crippen LogP contribution < -0.4 is 10.6 Å². The van der Waals surface area contributed by atoms with Gasteiger partial charge < -0.3 is 5.32 Å². The van der Waals surface area contributed by atoms with Gasteiger partial charge in [0.25, 0.3) is 5.91 Å². The Balaban J connectivity index is 1.49. The molecule has 8 heteroatoms. The summed E-state index contributed by atoms with van der Waals surface area (Å²) in [6, 6.07) is 18.4. The third kappa shape index (κ3) is 5.23. The van der Waals surface area contributed by atoms with Gasteiger partial charge in [0.05, 0.1) is 0 Å². The van der Waals surface area contributed by atoms with Crippen LogP contribution in [0, 0.1) is 11.7 Å². The van der Waals surface area contributed by atoms with Gasteiger partial charge in [-0.3, -0.25) is 14.9 Å². The highest BCUT2D eigenvalue weighted by Gasteiger charge is 2.27. The molecule has 6 nitrogen and oxygen atoms in total. The first-order chi connectivity index (χ1) is 15.9. The van der Waals surface area contributed by atoms with Gasteiger partial charge in [0.1, 0.15) is 16.9 Å². The van der Waals surface area contributed by atoms with Crippen LogP contribution in [0.1, 0.15) is 30.6 Å². The van der Waals surface area contributed by atoms with E-state index in [1.165, 1.54) is 23.5 Å². The van der Waals surface area contributed by atoms with Crippen LogP contribution in [-0.2, 0) is 4.79 Å². The second-order valence-electron chi connectivity index (χ2n) is 7.81. The molecule has 0 bridgehead atoms. The zero-order chi connectivity index (χ0) is 23.4. The topological polar surface area (TPSA) is 84.0 Å². The third-order valence-corrected chi connectivity index (χ3v) is 6.43. The molecular weight excluding hydrogens is 439 g/mol. The van der Waals surface area contributed by atoms with E-state index in [9.17, 15) is 14.0 Å². The maximum Gasteiger partial charge on any atom is 0.251 e. The number of hydrogen-bond donors (Lipinski definition) is 2. The lowest BCUT2D eigenvalue weighted by atomic mass is 9.97. The van der Waals surface area contributed by atoms with Crippen molar-refractivity contribution in [2.75, 3.05) is 5.32 Å². The summed E-state index contributed by atoms with van der Waals surface area (Å²) in [7, 11) is 0. The fourth-order valence-corrected chi connectivity index (χ4v) is 4.18. The van der Waals surface area contributed by atoms with Gasteiger partial charge in [0, 0.05) is 11.1 Å². The van der Waals surface area contributed by atoms with E-state index in [0.29, 0.717) is 27.7 Å². The first-order valence-corrected chi connectivity index (χ1v) is 11.5. The molecule has 33 heavy (non-hydrogen) atoms. The molecule has 0 aliphatic carbocycles. The van der Waals surface area contributed by atoms with Crippen molar-refractivity contribution in [3.05, 3.63) is 78.1 Å². The maximum absolute atomic E-state index is 13.2. The Bertz CT molecular complexity index is 1290. The molecule has 4 aromatic rings. The Morgan fingerprint density at radius 3 is 2.45 bits per heavy atom. The van der Waals surface area contributed by atoms with Crippen molar-refractivity contribution in [3.63, 3.8) is 0 Å². The third-order valence-electron chi connectivity index (χ3n) is 5.54. The molecule has 2 N–H and O–H groups in total. The molecule has 0 fully saturated rings. The number of hydrogen-bond acceptors (Lipinski definition) is 5. The van der Waals surface area contributed by atoms with Crippen LogP contribution >= 0.6 is 11.3 Å². The van der Waals surface area contributed by atoms with Gasteiger partial charge in [0.15, 0.2) is 0 Å². The summed E-state index contributed by atoms with van der Waals surface area (Å²) >= 11 is 1.18. The summed E-state index contributed by atoms with van der Waals surface area (Å²) in [5, 5.41) is 16.6. The molecular formula is C25H23FN4O2S. The standard InChI is InChI=1S/C25H23FN4O2S/c1-3-15(2)21(27-22(31)19-9-8-16-6-4-5-7-18(16)14-19)23(32)28-25-30-29-24(33-25)17-10-12-20(26)13-11-17/h4-15,21H,3H2,1-2H3,(H,27,31)(H,28,30,32). The number of halogens is 1. The predicted molar refractivity (Wildman–Crippen MR) is 129 cm³/mol. The van der Waals surface area contributed by atoms with Crippen molar-refractivity contribution >= 4 is 39.1 Å². The minimum Gasteiger partial charge on any atom is -0.340 e. The van der Waals surface area contributed by atoms with Crippen LogP contribution in [0.15, 0.2) is 66.7 Å². The Morgan fingerprint density at radius 2 is 1.73 bits per heavy atom. The first-order valence-electron chi connectivity index (χ1n) is 10.6. The van der Waals surface area contributed by atoms with Crippen LogP contribution in [0.4, 0.5) is 9.52 Å². The minimum absolute atomic E-state index is 0.0982.